The van der Waals surface area contributed by atoms with Crippen molar-refractivity contribution < 1.29 is 14.7 Å². The Morgan fingerprint density at radius 2 is 2.05 bits per heavy atom. The molecular weight excluding hydrogens is 280 g/mol. The number of para-hydroxylation sites is 1. The van der Waals surface area contributed by atoms with Gasteiger partial charge in [0.05, 0.1) is 0 Å². The summed E-state index contributed by atoms with van der Waals surface area (Å²) in [5, 5.41) is 11.8. The van der Waals surface area contributed by atoms with E-state index in [-0.39, 0.29) is 0 Å². The van der Waals surface area contributed by atoms with E-state index in [1.165, 1.54) is 0 Å². The molecule has 0 unspecified atom stereocenters. The molecule has 104 valence electrons. The predicted molar refractivity (Wildman–Crippen MR) is 75.1 cm³/mol. The molecule has 1 heterocycles. The molecule has 0 spiro atoms. The second kappa shape index (κ2) is 6.11. The first-order valence-electron chi connectivity index (χ1n) is 5.72. The molecule has 0 saturated heterocycles. The Labute approximate surface area is 119 Å². The Bertz CT molecular complexity index is 614. The summed E-state index contributed by atoms with van der Waals surface area (Å²) in [6.45, 7) is 1.27. The Balaban J connectivity index is 2.18. The van der Waals surface area contributed by atoms with Gasteiger partial charge in [0.1, 0.15) is 12.4 Å². The molecule has 1 aromatic carbocycles. The summed E-state index contributed by atoms with van der Waals surface area (Å²) in [5.41, 5.74) is 0.494. The predicted octanol–water partition coefficient (Wildman–Crippen LogP) is 1.97. The van der Waals surface area contributed by atoms with Crippen molar-refractivity contribution in [3.05, 3.63) is 36.2 Å². The molecule has 0 aliphatic heterocycles. The average molecular weight is 292 g/mol. The molecule has 0 fully saturated rings. The van der Waals surface area contributed by atoms with Crippen molar-refractivity contribution >= 4 is 34.4 Å². The smallest absolute Gasteiger partial charge is 0.328 e. The first kappa shape index (κ1) is 13.9. The zero-order valence-electron chi connectivity index (χ0n) is 10.6. The third-order valence-corrected chi connectivity index (χ3v) is 3.07. The number of carboxylic acid groups (broad SMARTS) is 1. The number of carbonyl (C=O) groups excluding carboxylic acids is 1. The minimum atomic E-state index is -1.10. The molecule has 2 rings (SSSR count). The highest BCUT2D eigenvalue weighted by Gasteiger charge is 2.19. The van der Waals surface area contributed by atoms with Gasteiger partial charge in [-0.1, -0.05) is 18.2 Å². The molecule has 0 saturated carbocycles. The van der Waals surface area contributed by atoms with Crippen LogP contribution in [-0.4, -0.2) is 33.0 Å². The van der Waals surface area contributed by atoms with Gasteiger partial charge >= 0.3 is 12.0 Å². The standard InChI is InChI=1S/C12H12N4O3S/c1-8-13-11(20-15-8)14-12(19)16(7-10(17)18)9-5-3-2-4-6-9/h2-6H,7H2,1H3,(H,17,18)(H,13,14,15,19). The molecule has 0 atom stereocenters. The number of anilines is 2. The zero-order chi connectivity index (χ0) is 14.5. The van der Waals surface area contributed by atoms with E-state index in [9.17, 15) is 9.59 Å². The fraction of sp³-hybridized carbons (Fsp3) is 0.167. The highest BCUT2D eigenvalue weighted by atomic mass is 32.1. The normalized spacial score (nSPS) is 10.1. The molecule has 0 aliphatic rings. The number of benzene rings is 1. The summed E-state index contributed by atoms with van der Waals surface area (Å²) in [7, 11) is 0. The van der Waals surface area contributed by atoms with Crippen LogP contribution in [0.3, 0.4) is 0 Å². The van der Waals surface area contributed by atoms with E-state index in [2.05, 4.69) is 14.7 Å². The molecule has 2 N–H and O–H groups in total. The fourth-order valence-electron chi connectivity index (χ4n) is 1.53. The maximum absolute atomic E-state index is 12.1. The van der Waals surface area contributed by atoms with E-state index < -0.39 is 18.5 Å². The Hall–Kier alpha value is -2.48. The minimum Gasteiger partial charge on any atom is -0.480 e. The van der Waals surface area contributed by atoms with E-state index >= 15 is 0 Å². The summed E-state index contributed by atoms with van der Waals surface area (Å²) in [6.07, 6.45) is 0. The Morgan fingerprint density at radius 3 is 2.60 bits per heavy atom. The van der Waals surface area contributed by atoms with Crippen LogP contribution in [0.2, 0.25) is 0 Å². The van der Waals surface area contributed by atoms with Crippen LogP contribution in [0.1, 0.15) is 5.82 Å². The number of hydrogen-bond donors (Lipinski definition) is 2. The van der Waals surface area contributed by atoms with Crippen LogP contribution in [-0.2, 0) is 4.79 Å². The highest BCUT2D eigenvalue weighted by Crippen LogP contribution is 2.16. The van der Waals surface area contributed by atoms with Crippen LogP contribution in [0.4, 0.5) is 15.6 Å². The van der Waals surface area contributed by atoms with Crippen molar-refractivity contribution in [3.63, 3.8) is 0 Å². The van der Waals surface area contributed by atoms with Crippen LogP contribution < -0.4 is 10.2 Å². The third kappa shape index (κ3) is 3.51. The lowest BCUT2D eigenvalue weighted by molar-refractivity contribution is -0.135. The lowest BCUT2D eigenvalue weighted by atomic mass is 10.3. The number of aryl methyl sites for hydroxylation is 1. The zero-order valence-corrected chi connectivity index (χ0v) is 11.4. The number of amides is 2. The first-order chi connectivity index (χ1) is 9.56. The lowest BCUT2D eigenvalue weighted by Crippen LogP contribution is -2.38. The van der Waals surface area contributed by atoms with Gasteiger partial charge in [-0.15, -0.1) is 0 Å². The summed E-state index contributed by atoms with van der Waals surface area (Å²) < 4.78 is 3.94. The molecule has 8 heteroatoms. The molecule has 1 aromatic heterocycles. The number of nitrogens with one attached hydrogen (secondary N) is 1. The van der Waals surface area contributed by atoms with Gasteiger partial charge in [-0.2, -0.15) is 4.37 Å². The summed E-state index contributed by atoms with van der Waals surface area (Å²) >= 11 is 1.04. The SMILES string of the molecule is Cc1nsc(NC(=O)N(CC(=O)O)c2ccccc2)n1. The van der Waals surface area contributed by atoms with Gasteiger partial charge in [-0.25, -0.2) is 9.78 Å². The average Bonchev–Trinajstić information content (AvgIpc) is 2.82. The maximum Gasteiger partial charge on any atom is 0.328 e. The van der Waals surface area contributed by atoms with E-state index in [4.69, 9.17) is 5.11 Å². The highest BCUT2D eigenvalue weighted by molar-refractivity contribution is 7.09. The monoisotopic (exact) mass is 292 g/mol. The Morgan fingerprint density at radius 1 is 1.35 bits per heavy atom. The van der Waals surface area contributed by atoms with E-state index in [0.29, 0.717) is 16.6 Å². The number of aromatic nitrogens is 2. The first-order valence-corrected chi connectivity index (χ1v) is 6.49. The molecule has 0 aliphatic carbocycles. The number of nitrogens with zero attached hydrogens (tertiary/aromatic N) is 3. The van der Waals surface area contributed by atoms with Crippen LogP contribution in [0.5, 0.6) is 0 Å². The topological polar surface area (TPSA) is 95.4 Å². The number of hydrogen-bond acceptors (Lipinski definition) is 5. The van der Waals surface area contributed by atoms with Gasteiger partial charge in [0, 0.05) is 17.2 Å². The van der Waals surface area contributed by atoms with Gasteiger partial charge in [0.15, 0.2) is 0 Å². The van der Waals surface area contributed by atoms with Crippen molar-refractivity contribution in [1.29, 1.82) is 0 Å². The minimum absolute atomic E-state index is 0.332. The van der Waals surface area contributed by atoms with E-state index in [1.807, 2.05) is 0 Å². The van der Waals surface area contributed by atoms with E-state index in [1.54, 1.807) is 37.3 Å². The number of aliphatic carboxylic acids is 1. The lowest BCUT2D eigenvalue weighted by Gasteiger charge is -2.20. The van der Waals surface area contributed by atoms with Gasteiger partial charge in [-0.3, -0.25) is 15.0 Å². The van der Waals surface area contributed by atoms with Gasteiger partial charge in [0.25, 0.3) is 0 Å². The largest absolute Gasteiger partial charge is 0.480 e. The van der Waals surface area contributed by atoms with Crippen molar-refractivity contribution in [3.8, 4) is 0 Å². The molecule has 0 bridgehead atoms. The van der Waals surface area contributed by atoms with Crippen LogP contribution in [0.15, 0.2) is 30.3 Å². The molecule has 2 amide bonds. The number of carbonyl (C=O) groups is 2. The Kier molecular flexibility index (Phi) is 4.26. The quantitative estimate of drug-likeness (QED) is 0.898. The van der Waals surface area contributed by atoms with Crippen molar-refractivity contribution in [2.75, 3.05) is 16.8 Å². The van der Waals surface area contributed by atoms with E-state index in [0.717, 1.165) is 16.4 Å². The second-order valence-corrected chi connectivity index (χ2v) is 4.64. The molecule has 7 nitrogen and oxygen atoms in total. The number of urea groups is 1. The number of rotatable bonds is 4. The van der Waals surface area contributed by atoms with Crippen LogP contribution in [0.25, 0.3) is 0 Å². The van der Waals surface area contributed by atoms with Crippen molar-refractivity contribution in [2.45, 2.75) is 6.92 Å². The van der Waals surface area contributed by atoms with Gasteiger partial charge in [0.2, 0.25) is 5.13 Å². The molecule has 20 heavy (non-hydrogen) atoms. The van der Waals surface area contributed by atoms with Crippen molar-refractivity contribution in [2.24, 2.45) is 0 Å². The maximum atomic E-state index is 12.1. The molecule has 0 radical (unpaired) electrons. The molecule has 2 aromatic rings. The number of carboxylic acids is 1. The summed E-state index contributed by atoms with van der Waals surface area (Å²) in [4.78, 5) is 28.2. The fourth-order valence-corrected chi connectivity index (χ4v) is 2.10. The second-order valence-electron chi connectivity index (χ2n) is 3.89. The van der Waals surface area contributed by atoms with Gasteiger partial charge in [-0.05, 0) is 19.1 Å². The summed E-state index contributed by atoms with van der Waals surface area (Å²) in [6, 6.07) is 8.00. The van der Waals surface area contributed by atoms with Crippen LogP contribution >= 0.6 is 11.5 Å². The van der Waals surface area contributed by atoms with Crippen molar-refractivity contribution in [1.82, 2.24) is 9.36 Å². The summed E-state index contributed by atoms with van der Waals surface area (Å²) in [5.74, 6) is -0.549. The molecular formula is C12H12N4O3S. The third-order valence-electron chi connectivity index (χ3n) is 2.35. The van der Waals surface area contributed by atoms with Gasteiger partial charge < -0.3 is 5.11 Å². The van der Waals surface area contributed by atoms with Crippen LogP contribution in [0, 0.1) is 6.92 Å².